The van der Waals surface area contributed by atoms with Crippen molar-refractivity contribution in [3.63, 3.8) is 0 Å². The Morgan fingerprint density at radius 3 is 2.80 bits per heavy atom. The minimum atomic E-state index is -0.0631. The number of carbonyl (C=O) groups is 1. The predicted octanol–water partition coefficient (Wildman–Crippen LogP) is 1.51. The van der Waals surface area contributed by atoms with Crippen LogP contribution in [0.1, 0.15) is 19.2 Å². The highest BCUT2D eigenvalue weighted by Crippen LogP contribution is 2.11. The van der Waals surface area contributed by atoms with Gasteiger partial charge in [0.1, 0.15) is 11.6 Å². The number of anilines is 1. The Kier molecular flexibility index (Phi) is 4.84. The van der Waals surface area contributed by atoms with Gasteiger partial charge in [0.05, 0.1) is 18.4 Å². The first-order valence-corrected chi connectivity index (χ1v) is 6.67. The first kappa shape index (κ1) is 14.2. The molecule has 6 nitrogen and oxygen atoms in total. The maximum absolute atomic E-state index is 11.6. The summed E-state index contributed by atoms with van der Waals surface area (Å²) in [6.07, 6.45) is 6.23. The largest absolute Gasteiger partial charge is 0.324 e. The first-order chi connectivity index (χ1) is 9.70. The van der Waals surface area contributed by atoms with E-state index in [-0.39, 0.29) is 5.91 Å². The molecule has 1 amide bonds. The molecule has 106 valence electrons. The third-order valence-corrected chi connectivity index (χ3v) is 2.82. The summed E-state index contributed by atoms with van der Waals surface area (Å²) in [5, 5.41) is 5.85. The smallest absolute Gasteiger partial charge is 0.238 e. The summed E-state index contributed by atoms with van der Waals surface area (Å²) < 4.78 is 1.88. The third-order valence-electron chi connectivity index (χ3n) is 2.82. The van der Waals surface area contributed by atoms with E-state index in [9.17, 15) is 4.79 Å². The molecule has 0 atom stereocenters. The normalized spacial score (nSPS) is 10.5. The molecule has 0 spiro atoms. The lowest BCUT2D eigenvalue weighted by Crippen LogP contribution is -2.28. The Morgan fingerprint density at radius 1 is 1.35 bits per heavy atom. The van der Waals surface area contributed by atoms with Crippen molar-refractivity contribution in [3.8, 4) is 5.82 Å². The second-order valence-corrected chi connectivity index (χ2v) is 4.47. The topological polar surface area (TPSA) is 71.8 Å². The summed E-state index contributed by atoms with van der Waals surface area (Å²) in [7, 11) is 0. The molecule has 0 saturated heterocycles. The van der Waals surface area contributed by atoms with Crippen LogP contribution >= 0.6 is 0 Å². The van der Waals surface area contributed by atoms with Gasteiger partial charge in [-0.2, -0.15) is 0 Å². The van der Waals surface area contributed by atoms with Crippen molar-refractivity contribution < 1.29 is 4.79 Å². The Morgan fingerprint density at radius 2 is 2.20 bits per heavy atom. The molecule has 0 aliphatic carbocycles. The van der Waals surface area contributed by atoms with E-state index in [0.29, 0.717) is 12.2 Å². The summed E-state index contributed by atoms with van der Waals surface area (Å²) in [6.45, 7) is 5.13. The minimum Gasteiger partial charge on any atom is -0.324 e. The van der Waals surface area contributed by atoms with E-state index in [0.717, 1.165) is 24.6 Å². The molecule has 2 heterocycles. The van der Waals surface area contributed by atoms with E-state index in [1.807, 2.05) is 29.8 Å². The van der Waals surface area contributed by atoms with E-state index in [4.69, 9.17) is 0 Å². The quantitative estimate of drug-likeness (QED) is 0.783. The van der Waals surface area contributed by atoms with E-state index in [1.54, 1.807) is 12.4 Å². The number of carbonyl (C=O) groups excluding carboxylic acids is 1. The Bertz CT molecular complexity index is 561. The minimum absolute atomic E-state index is 0.0631. The van der Waals surface area contributed by atoms with Crippen molar-refractivity contribution in [2.45, 2.75) is 20.3 Å². The lowest BCUT2D eigenvalue weighted by Gasteiger charge is -2.07. The van der Waals surface area contributed by atoms with Crippen molar-refractivity contribution in [3.05, 3.63) is 36.5 Å². The van der Waals surface area contributed by atoms with Crippen molar-refractivity contribution in [1.82, 2.24) is 19.9 Å². The van der Waals surface area contributed by atoms with Gasteiger partial charge in [-0.1, -0.05) is 6.92 Å². The number of nitrogens with one attached hydrogen (secondary N) is 2. The fourth-order valence-electron chi connectivity index (χ4n) is 1.81. The van der Waals surface area contributed by atoms with Gasteiger partial charge < -0.3 is 10.6 Å². The molecule has 0 saturated carbocycles. The molecule has 20 heavy (non-hydrogen) atoms. The van der Waals surface area contributed by atoms with Crippen LogP contribution in [0.15, 0.2) is 30.7 Å². The van der Waals surface area contributed by atoms with Crippen molar-refractivity contribution >= 4 is 11.6 Å². The summed E-state index contributed by atoms with van der Waals surface area (Å²) >= 11 is 0. The molecule has 0 aliphatic rings. The number of hydrogen-bond acceptors (Lipinski definition) is 4. The molecule has 2 aromatic heterocycles. The number of imidazole rings is 1. The van der Waals surface area contributed by atoms with Crippen LogP contribution in [0, 0.1) is 6.92 Å². The van der Waals surface area contributed by atoms with Crippen LogP contribution < -0.4 is 10.6 Å². The summed E-state index contributed by atoms with van der Waals surface area (Å²) in [6, 6.07) is 3.68. The van der Waals surface area contributed by atoms with Crippen LogP contribution in [0.5, 0.6) is 0 Å². The number of rotatable bonds is 6. The van der Waals surface area contributed by atoms with Gasteiger partial charge in [0.25, 0.3) is 0 Å². The van der Waals surface area contributed by atoms with Gasteiger partial charge in [0.2, 0.25) is 5.91 Å². The monoisotopic (exact) mass is 273 g/mol. The van der Waals surface area contributed by atoms with Crippen LogP contribution in [-0.2, 0) is 4.79 Å². The van der Waals surface area contributed by atoms with Crippen LogP contribution in [0.2, 0.25) is 0 Å². The number of nitrogens with zero attached hydrogens (tertiary/aromatic N) is 3. The molecule has 0 unspecified atom stereocenters. The highest BCUT2D eigenvalue weighted by Gasteiger charge is 2.04. The first-order valence-electron chi connectivity index (χ1n) is 6.67. The summed E-state index contributed by atoms with van der Waals surface area (Å²) in [4.78, 5) is 20.1. The molecular weight excluding hydrogens is 254 g/mol. The number of amides is 1. The number of aryl methyl sites for hydroxylation is 1. The number of hydrogen-bond donors (Lipinski definition) is 2. The summed E-state index contributed by atoms with van der Waals surface area (Å²) in [5.74, 6) is 1.59. The van der Waals surface area contributed by atoms with Gasteiger partial charge in [-0.25, -0.2) is 9.97 Å². The van der Waals surface area contributed by atoms with E-state index in [2.05, 4.69) is 27.5 Å². The van der Waals surface area contributed by atoms with Crippen molar-refractivity contribution in [2.75, 3.05) is 18.4 Å². The summed E-state index contributed by atoms with van der Waals surface area (Å²) in [5.41, 5.74) is 0.690. The third kappa shape index (κ3) is 3.64. The molecule has 2 aromatic rings. The molecule has 0 fully saturated rings. The lowest BCUT2D eigenvalue weighted by molar-refractivity contribution is -0.115. The van der Waals surface area contributed by atoms with Gasteiger partial charge in [-0.15, -0.1) is 0 Å². The molecule has 0 bridgehead atoms. The second kappa shape index (κ2) is 6.81. The molecule has 0 aliphatic heterocycles. The predicted molar refractivity (Wildman–Crippen MR) is 77.9 cm³/mol. The highest BCUT2D eigenvalue weighted by atomic mass is 16.1. The Labute approximate surface area is 118 Å². The average Bonchev–Trinajstić information content (AvgIpc) is 2.86. The maximum Gasteiger partial charge on any atom is 0.238 e. The Balaban J connectivity index is 1.95. The number of pyridine rings is 1. The lowest BCUT2D eigenvalue weighted by atomic mass is 10.4. The molecule has 0 radical (unpaired) electrons. The van der Waals surface area contributed by atoms with E-state index >= 15 is 0 Å². The SMILES string of the molecule is CCCNCC(=O)Nc1ccc(-n2ccnc2C)nc1. The molecule has 2 rings (SSSR count). The standard InChI is InChI=1S/C14H19N5O/c1-3-6-15-10-14(20)18-12-4-5-13(17-9-12)19-8-7-16-11(19)2/h4-5,7-9,15H,3,6,10H2,1-2H3,(H,18,20). The van der Waals surface area contributed by atoms with Gasteiger partial charge in [-0.3, -0.25) is 9.36 Å². The highest BCUT2D eigenvalue weighted by molar-refractivity contribution is 5.92. The zero-order valence-electron chi connectivity index (χ0n) is 11.8. The van der Waals surface area contributed by atoms with E-state index in [1.165, 1.54) is 0 Å². The maximum atomic E-state index is 11.6. The molecule has 2 N–H and O–H groups in total. The van der Waals surface area contributed by atoms with Gasteiger partial charge >= 0.3 is 0 Å². The van der Waals surface area contributed by atoms with Crippen LogP contribution in [0.3, 0.4) is 0 Å². The molecule has 6 heteroatoms. The second-order valence-electron chi connectivity index (χ2n) is 4.47. The van der Waals surface area contributed by atoms with E-state index < -0.39 is 0 Å². The zero-order chi connectivity index (χ0) is 14.4. The van der Waals surface area contributed by atoms with Gasteiger partial charge in [-0.05, 0) is 32.0 Å². The fraction of sp³-hybridized carbons (Fsp3) is 0.357. The van der Waals surface area contributed by atoms with Crippen LogP contribution in [0.4, 0.5) is 5.69 Å². The van der Waals surface area contributed by atoms with Gasteiger partial charge in [0, 0.05) is 12.4 Å². The number of aromatic nitrogens is 3. The zero-order valence-corrected chi connectivity index (χ0v) is 11.8. The van der Waals surface area contributed by atoms with Crippen molar-refractivity contribution in [2.24, 2.45) is 0 Å². The van der Waals surface area contributed by atoms with Crippen LogP contribution in [-0.4, -0.2) is 33.5 Å². The van der Waals surface area contributed by atoms with Crippen molar-refractivity contribution in [1.29, 1.82) is 0 Å². The van der Waals surface area contributed by atoms with Gasteiger partial charge in [0.15, 0.2) is 0 Å². The molecule has 0 aromatic carbocycles. The fourth-order valence-corrected chi connectivity index (χ4v) is 1.81. The Hall–Kier alpha value is -2.21. The molecular formula is C14H19N5O. The average molecular weight is 273 g/mol. The van der Waals surface area contributed by atoms with Crippen LogP contribution in [0.25, 0.3) is 5.82 Å².